The first-order valence-electron chi connectivity index (χ1n) is 11.7. The van der Waals surface area contributed by atoms with Crippen LogP contribution >= 0.6 is 0 Å². The number of amides is 2. The maximum absolute atomic E-state index is 13.8. The molecule has 1 fully saturated rings. The molecule has 32 heavy (non-hydrogen) atoms. The number of nitrogens with one attached hydrogen (secondary N) is 1. The molecule has 0 unspecified atom stereocenters. The van der Waals surface area contributed by atoms with Crippen molar-refractivity contribution < 1.29 is 9.59 Å². The van der Waals surface area contributed by atoms with Crippen molar-refractivity contribution in [3.63, 3.8) is 0 Å². The van der Waals surface area contributed by atoms with Crippen LogP contribution in [0.5, 0.6) is 0 Å². The number of hydrogen-bond acceptors (Lipinski definition) is 2. The Balaban J connectivity index is 1.54. The van der Waals surface area contributed by atoms with Crippen LogP contribution in [-0.2, 0) is 11.3 Å². The monoisotopic (exact) mass is 429 g/mol. The van der Waals surface area contributed by atoms with E-state index in [1.807, 2.05) is 64.9 Å². The van der Waals surface area contributed by atoms with Crippen molar-refractivity contribution in [2.45, 2.75) is 63.6 Å². The summed E-state index contributed by atoms with van der Waals surface area (Å²) in [6, 6.07) is 20.4. The molecule has 2 heterocycles. The van der Waals surface area contributed by atoms with Crippen molar-refractivity contribution in [1.29, 1.82) is 0 Å². The van der Waals surface area contributed by atoms with Crippen molar-refractivity contribution >= 4 is 22.7 Å². The van der Waals surface area contributed by atoms with Crippen molar-refractivity contribution in [2.24, 2.45) is 0 Å². The van der Waals surface area contributed by atoms with E-state index in [4.69, 9.17) is 0 Å². The number of fused-ring (bicyclic) bond motifs is 3. The third-order valence-corrected chi connectivity index (χ3v) is 7.34. The second kappa shape index (κ2) is 8.12. The van der Waals surface area contributed by atoms with Crippen molar-refractivity contribution in [2.75, 3.05) is 6.54 Å². The Morgan fingerprint density at radius 1 is 1.09 bits per heavy atom. The summed E-state index contributed by atoms with van der Waals surface area (Å²) in [7, 11) is 0. The van der Waals surface area contributed by atoms with Gasteiger partial charge in [0.15, 0.2) is 0 Å². The van der Waals surface area contributed by atoms with Gasteiger partial charge in [-0.25, -0.2) is 0 Å². The van der Waals surface area contributed by atoms with Gasteiger partial charge in [-0.05, 0) is 43.4 Å². The van der Waals surface area contributed by atoms with E-state index in [0.717, 1.165) is 36.6 Å². The first-order chi connectivity index (χ1) is 15.5. The fourth-order valence-corrected chi connectivity index (χ4v) is 5.36. The molecule has 5 nitrogen and oxygen atoms in total. The van der Waals surface area contributed by atoms with E-state index in [1.54, 1.807) is 0 Å². The smallest absolute Gasteiger partial charge is 0.271 e. The molecule has 0 radical (unpaired) electrons. The van der Waals surface area contributed by atoms with Gasteiger partial charge in [-0.15, -0.1) is 0 Å². The SMILES string of the molecule is C[C@H](CN1C(=O)c2cc3ccccc3n2C[C@]1(C)C(=O)NC1CCCC1)c1ccccc1. The minimum absolute atomic E-state index is 0.0403. The highest BCUT2D eigenvalue weighted by Gasteiger charge is 2.48. The quantitative estimate of drug-likeness (QED) is 0.638. The van der Waals surface area contributed by atoms with E-state index in [2.05, 4.69) is 24.4 Å². The molecule has 1 saturated carbocycles. The number of hydrogen-bond donors (Lipinski definition) is 1. The predicted octanol–water partition coefficient (Wildman–Crippen LogP) is 4.72. The fourth-order valence-electron chi connectivity index (χ4n) is 5.36. The molecule has 1 aromatic heterocycles. The predicted molar refractivity (Wildman–Crippen MR) is 127 cm³/mol. The highest BCUT2D eigenvalue weighted by atomic mass is 16.2. The van der Waals surface area contributed by atoms with E-state index in [1.165, 1.54) is 5.56 Å². The van der Waals surface area contributed by atoms with Crippen molar-refractivity contribution in [3.8, 4) is 0 Å². The molecule has 5 rings (SSSR count). The van der Waals surface area contributed by atoms with Gasteiger partial charge in [-0.2, -0.15) is 0 Å². The van der Waals surface area contributed by atoms with E-state index in [9.17, 15) is 9.59 Å². The molecular formula is C27H31N3O2. The Morgan fingerprint density at radius 2 is 1.78 bits per heavy atom. The molecule has 2 aromatic carbocycles. The lowest BCUT2D eigenvalue weighted by atomic mass is 9.91. The number of carbonyl (C=O) groups is 2. The molecule has 0 saturated heterocycles. The molecule has 0 bridgehead atoms. The summed E-state index contributed by atoms with van der Waals surface area (Å²) in [4.78, 5) is 29.4. The first kappa shape index (κ1) is 20.8. The first-order valence-corrected chi connectivity index (χ1v) is 11.7. The van der Waals surface area contributed by atoms with Gasteiger partial charge in [0.25, 0.3) is 5.91 Å². The minimum Gasteiger partial charge on any atom is -0.351 e. The molecule has 1 N–H and O–H groups in total. The maximum atomic E-state index is 13.8. The molecule has 166 valence electrons. The Bertz CT molecular complexity index is 1150. The largest absolute Gasteiger partial charge is 0.351 e. The van der Waals surface area contributed by atoms with Gasteiger partial charge in [0.05, 0.1) is 6.54 Å². The summed E-state index contributed by atoms with van der Waals surface area (Å²) in [6.07, 6.45) is 4.35. The van der Waals surface area contributed by atoms with Crippen LogP contribution in [0.3, 0.4) is 0 Å². The average Bonchev–Trinajstić information content (AvgIpc) is 3.45. The van der Waals surface area contributed by atoms with Gasteiger partial charge in [0.2, 0.25) is 5.91 Å². The van der Waals surface area contributed by atoms with Gasteiger partial charge in [-0.1, -0.05) is 68.3 Å². The second-order valence-electron chi connectivity index (χ2n) is 9.63. The summed E-state index contributed by atoms with van der Waals surface area (Å²) in [5.41, 5.74) is 1.89. The number of benzene rings is 2. The number of aromatic nitrogens is 1. The van der Waals surface area contributed by atoms with Crippen LogP contribution in [0.15, 0.2) is 60.7 Å². The molecule has 1 aliphatic carbocycles. The lowest BCUT2D eigenvalue weighted by Crippen LogP contribution is -2.65. The molecule has 2 aliphatic rings. The molecule has 5 heteroatoms. The zero-order valence-corrected chi connectivity index (χ0v) is 18.9. The third kappa shape index (κ3) is 3.50. The van der Waals surface area contributed by atoms with Crippen LogP contribution < -0.4 is 5.32 Å². The molecule has 0 spiro atoms. The highest BCUT2D eigenvalue weighted by molar-refractivity contribution is 6.03. The van der Waals surface area contributed by atoms with Gasteiger partial charge in [0.1, 0.15) is 11.2 Å². The lowest BCUT2D eigenvalue weighted by molar-refractivity contribution is -0.133. The van der Waals surface area contributed by atoms with E-state index < -0.39 is 5.54 Å². The summed E-state index contributed by atoms with van der Waals surface area (Å²) in [6.45, 7) is 5.02. The summed E-state index contributed by atoms with van der Waals surface area (Å²) in [5.74, 6) is 0.00966. The summed E-state index contributed by atoms with van der Waals surface area (Å²) >= 11 is 0. The zero-order chi connectivity index (χ0) is 22.3. The average molecular weight is 430 g/mol. The van der Waals surface area contributed by atoms with Gasteiger partial charge < -0.3 is 14.8 Å². The van der Waals surface area contributed by atoms with E-state index in [0.29, 0.717) is 18.8 Å². The highest BCUT2D eigenvalue weighted by Crippen LogP contribution is 2.34. The topological polar surface area (TPSA) is 54.3 Å². The van der Waals surface area contributed by atoms with Crippen LogP contribution in [0.1, 0.15) is 61.5 Å². The zero-order valence-electron chi connectivity index (χ0n) is 18.9. The molecule has 3 aromatic rings. The minimum atomic E-state index is -0.947. The molecule has 2 atom stereocenters. The Hall–Kier alpha value is -3.08. The second-order valence-corrected chi connectivity index (χ2v) is 9.63. The van der Waals surface area contributed by atoms with Gasteiger partial charge in [0, 0.05) is 23.5 Å². The maximum Gasteiger partial charge on any atom is 0.271 e. The fraction of sp³-hybridized carbons (Fsp3) is 0.407. The number of rotatable bonds is 5. The van der Waals surface area contributed by atoms with Crippen LogP contribution in [0.4, 0.5) is 0 Å². The normalized spacial score (nSPS) is 22.2. The van der Waals surface area contributed by atoms with Crippen LogP contribution in [-0.4, -0.2) is 39.4 Å². The Labute approximate surface area is 189 Å². The van der Waals surface area contributed by atoms with E-state index >= 15 is 0 Å². The Morgan fingerprint density at radius 3 is 2.53 bits per heavy atom. The molecular weight excluding hydrogens is 398 g/mol. The molecule has 2 amide bonds. The third-order valence-electron chi connectivity index (χ3n) is 7.34. The van der Waals surface area contributed by atoms with E-state index in [-0.39, 0.29) is 23.8 Å². The number of nitrogens with zero attached hydrogens (tertiary/aromatic N) is 2. The van der Waals surface area contributed by atoms with Gasteiger partial charge in [-0.3, -0.25) is 9.59 Å². The van der Waals surface area contributed by atoms with Crippen LogP contribution in [0.25, 0.3) is 10.9 Å². The van der Waals surface area contributed by atoms with Crippen molar-refractivity contribution in [3.05, 3.63) is 71.9 Å². The van der Waals surface area contributed by atoms with Gasteiger partial charge >= 0.3 is 0 Å². The Kier molecular flexibility index (Phi) is 5.28. The molecule has 1 aliphatic heterocycles. The van der Waals surface area contributed by atoms with Crippen molar-refractivity contribution in [1.82, 2.24) is 14.8 Å². The van der Waals surface area contributed by atoms with Crippen LogP contribution in [0, 0.1) is 0 Å². The number of carbonyl (C=O) groups excluding carboxylic acids is 2. The lowest BCUT2D eigenvalue weighted by Gasteiger charge is -2.45. The standard InChI is InChI=1S/C27H31N3O2/c1-19(20-10-4-3-5-11-20)17-30-25(31)24-16-21-12-6-9-15-23(21)29(24)18-27(30,2)26(32)28-22-13-7-8-14-22/h3-6,9-12,15-16,19,22H,7-8,13-14,17-18H2,1-2H3,(H,28,32)/t19-,27-/m1/s1. The number of para-hydroxylation sites is 1. The van der Waals surface area contributed by atoms with Crippen LogP contribution in [0.2, 0.25) is 0 Å². The summed E-state index contributed by atoms with van der Waals surface area (Å²) < 4.78 is 2.04. The summed E-state index contributed by atoms with van der Waals surface area (Å²) in [5, 5.41) is 4.31.